The van der Waals surface area contributed by atoms with E-state index in [0.29, 0.717) is 33.6 Å². The summed E-state index contributed by atoms with van der Waals surface area (Å²) in [6.45, 7) is 2.12. The highest BCUT2D eigenvalue weighted by Crippen LogP contribution is 2.58. The van der Waals surface area contributed by atoms with Gasteiger partial charge in [-0.2, -0.15) is 5.26 Å². The Labute approximate surface area is 289 Å². The standard InChI is InChI=1S/C35H35F5N4O7/c1-12-16(11-45)30(46)21-14(32(12)49-4)8-18-29-22-15(33(50-5)13(2)34(51-6)31(22)47)7-17(43(29)3)19(9-41)44(18)20(21)10-42-35(48)23-24(36)26(38)28(40)27(39)25(23)37/h17-20,29,45-47H,7-8,10-11H2,1-6H3,(H,42,48)/t17?,18-,19-,20-,29+/m0/s1. The summed E-state index contributed by atoms with van der Waals surface area (Å²) in [5, 5.41) is 46.7. The molecule has 0 radical (unpaired) electrons. The number of phenolic OH excluding ortho intramolecular Hbond substituents is 1. The van der Waals surface area contributed by atoms with E-state index in [1.54, 1.807) is 25.8 Å². The molecular weight excluding hydrogens is 683 g/mol. The van der Waals surface area contributed by atoms with Crippen LogP contribution in [0.1, 0.15) is 61.4 Å². The van der Waals surface area contributed by atoms with Crippen LogP contribution < -0.4 is 19.5 Å². The summed E-state index contributed by atoms with van der Waals surface area (Å²) in [5.74, 6) is -13.0. The smallest absolute Gasteiger partial charge is 0.257 e. The maximum Gasteiger partial charge on any atom is 0.257 e. The van der Waals surface area contributed by atoms with E-state index < -0.39 is 83.9 Å². The molecule has 0 saturated carbocycles. The highest BCUT2D eigenvalue weighted by Gasteiger charge is 2.57. The molecule has 272 valence electrons. The fourth-order valence-electron chi connectivity index (χ4n) is 8.51. The predicted molar refractivity (Wildman–Crippen MR) is 169 cm³/mol. The quantitative estimate of drug-likeness (QED) is 0.160. The fraction of sp³-hybridized carbons (Fsp3) is 0.429. The number of carbonyl (C=O) groups excluding carboxylic acids is 1. The maximum absolute atomic E-state index is 14.7. The van der Waals surface area contributed by atoms with Crippen molar-refractivity contribution in [3.8, 4) is 34.8 Å². The second-order valence-corrected chi connectivity index (χ2v) is 12.8. The zero-order chi connectivity index (χ0) is 37.4. The van der Waals surface area contributed by atoms with Crippen LogP contribution in [0.2, 0.25) is 0 Å². The van der Waals surface area contributed by atoms with Crippen LogP contribution in [0.25, 0.3) is 0 Å². The van der Waals surface area contributed by atoms with Crippen LogP contribution in [-0.2, 0) is 19.4 Å². The van der Waals surface area contributed by atoms with Gasteiger partial charge < -0.3 is 34.8 Å². The molecule has 5 atom stereocenters. The molecular formula is C35H35F5N4O7. The number of benzene rings is 3. The number of ether oxygens (including phenoxy) is 3. The number of phenols is 2. The van der Waals surface area contributed by atoms with Gasteiger partial charge in [0.1, 0.15) is 28.9 Å². The van der Waals surface area contributed by atoms with E-state index >= 15 is 0 Å². The number of aromatic hydroxyl groups is 2. The zero-order valence-corrected chi connectivity index (χ0v) is 28.4. The highest BCUT2D eigenvalue weighted by atomic mass is 19.2. The number of rotatable bonds is 7. The van der Waals surface area contributed by atoms with Crippen molar-refractivity contribution in [2.75, 3.05) is 34.9 Å². The average Bonchev–Trinajstić information content (AvgIpc) is 3.10. The molecule has 3 heterocycles. The van der Waals surface area contributed by atoms with Gasteiger partial charge in [-0.3, -0.25) is 14.6 Å². The lowest BCUT2D eigenvalue weighted by Crippen LogP contribution is -2.68. The number of likely N-dealkylation sites (N-methyl/N-ethyl adjacent to an activating group) is 1. The number of aliphatic hydroxyl groups is 1. The minimum atomic E-state index is -2.43. The number of hydrogen-bond donors (Lipinski definition) is 4. The lowest BCUT2D eigenvalue weighted by Gasteiger charge is -2.60. The van der Waals surface area contributed by atoms with E-state index in [4.69, 9.17) is 14.2 Å². The van der Waals surface area contributed by atoms with Crippen molar-refractivity contribution in [3.63, 3.8) is 0 Å². The number of nitrogens with one attached hydrogen (secondary N) is 1. The summed E-state index contributed by atoms with van der Waals surface area (Å²) in [5.41, 5.74) is 0.981. The number of piperazine rings is 1. The average molecular weight is 719 g/mol. The van der Waals surface area contributed by atoms with Crippen LogP contribution in [0, 0.1) is 54.3 Å². The second kappa shape index (κ2) is 13.0. The predicted octanol–water partition coefficient (Wildman–Crippen LogP) is 4.13. The molecule has 1 unspecified atom stereocenters. The van der Waals surface area contributed by atoms with Gasteiger partial charge in [0.2, 0.25) is 5.82 Å². The number of nitrogens with zero attached hydrogens (tertiary/aromatic N) is 3. The van der Waals surface area contributed by atoms with Crippen molar-refractivity contribution >= 4 is 5.91 Å². The Morgan fingerprint density at radius 2 is 1.37 bits per heavy atom. The van der Waals surface area contributed by atoms with Crippen molar-refractivity contribution in [2.45, 2.75) is 63.5 Å². The summed E-state index contributed by atoms with van der Waals surface area (Å²) in [4.78, 5) is 16.9. The maximum atomic E-state index is 14.7. The first-order valence-corrected chi connectivity index (χ1v) is 15.9. The van der Waals surface area contributed by atoms with Crippen LogP contribution >= 0.6 is 0 Å². The Kier molecular flexibility index (Phi) is 9.19. The molecule has 3 aliphatic rings. The topological polar surface area (TPSA) is 148 Å². The largest absolute Gasteiger partial charge is 0.507 e. The van der Waals surface area contributed by atoms with Crippen molar-refractivity contribution < 1.29 is 56.3 Å². The number of aliphatic hydroxyl groups excluding tert-OH is 1. The SMILES string of the molecule is COc1c(C)c(OC)c2c(c1O)[C@H]1[C@@H]3Cc4c(OC)c(C)c(CO)c(O)c4[C@H](CNC(=O)c4c(F)c(F)c(F)c(F)c4F)N3[C@@H](C#N)C(C2)N1C. The first-order valence-electron chi connectivity index (χ1n) is 15.9. The molecule has 2 bridgehead atoms. The summed E-state index contributed by atoms with van der Waals surface area (Å²) in [6.07, 6.45) is 0.297. The fourth-order valence-corrected chi connectivity index (χ4v) is 8.51. The van der Waals surface area contributed by atoms with E-state index in [1.165, 1.54) is 21.3 Å². The van der Waals surface area contributed by atoms with E-state index in [9.17, 15) is 47.3 Å². The normalized spacial score (nSPS) is 22.4. The van der Waals surface area contributed by atoms with E-state index in [0.717, 1.165) is 0 Å². The molecule has 3 aromatic carbocycles. The van der Waals surface area contributed by atoms with E-state index in [-0.39, 0.29) is 47.0 Å². The van der Waals surface area contributed by atoms with Crippen LogP contribution in [-0.4, -0.2) is 84.1 Å². The Morgan fingerprint density at radius 3 is 1.92 bits per heavy atom. The van der Waals surface area contributed by atoms with Gasteiger partial charge in [0.25, 0.3) is 5.91 Å². The number of methoxy groups -OCH3 is 3. The molecule has 6 rings (SSSR count). The minimum absolute atomic E-state index is 0.0795. The zero-order valence-electron chi connectivity index (χ0n) is 28.4. The van der Waals surface area contributed by atoms with Gasteiger partial charge in [0, 0.05) is 57.6 Å². The number of fused-ring (bicyclic) bond motifs is 7. The van der Waals surface area contributed by atoms with Gasteiger partial charge in [-0.15, -0.1) is 0 Å². The van der Waals surface area contributed by atoms with Crippen molar-refractivity contribution in [1.82, 2.24) is 15.1 Å². The number of halogens is 5. The van der Waals surface area contributed by atoms with Crippen LogP contribution in [0.3, 0.4) is 0 Å². The molecule has 1 fully saturated rings. The first-order chi connectivity index (χ1) is 24.2. The molecule has 1 saturated heterocycles. The first kappa shape index (κ1) is 36.0. The molecule has 0 spiro atoms. The monoisotopic (exact) mass is 718 g/mol. The minimum Gasteiger partial charge on any atom is -0.507 e. The van der Waals surface area contributed by atoms with Crippen LogP contribution in [0.5, 0.6) is 28.7 Å². The molecule has 0 aromatic heterocycles. The molecule has 3 aliphatic heterocycles. The molecule has 11 nitrogen and oxygen atoms in total. The summed E-state index contributed by atoms with van der Waals surface area (Å²) in [7, 11) is 6.06. The van der Waals surface area contributed by atoms with Gasteiger partial charge in [-0.05, 0) is 33.7 Å². The summed E-state index contributed by atoms with van der Waals surface area (Å²) < 4.78 is 88.5. The van der Waals surface area contributed by atoms with Gasteiger partial charge in [0.05, 0.1) is 46.1 Å². The third-order valence-electron chi connectivity index (χ3n) is 10.7. The summed E-state index contributed by atoms with van der Waals surface area (Å²) >= 11 is 0. The number of hydrogen-bond acceptors (Lipinski definition) is 10. The molecule has 4 N–H and O–H groups in total. The Balaban J connectivity index is 1.58. The van der Waals surface area contributed by atoms with Crippen LogP contribution in [0.4, 0.5) is 22.0 Å². The molecule has 3 aromatic rings. The lowest BCUT2D eigenvalue weighted by atomic mass is 9.71. The van der Waals surface area contributed by atoms with E-state index in [2.05, 4.69) is 11.4 Å². The van der Waals surface area contributed by atoms with Gasteiger partial charge in [-0.25, -0.2) is 22.0 Å². The Morgan fingerprint density at radius 1 is 0.843 bits per heavy atom. The Hall–Kier alpha value is -4.85. The second-order valence-electron chi connectivity index (χ2n) is 12.8. The van der Waals surface area contributed by atoms with Gasteiger partial charge >= 0.3 is 0 Å². The van der Waals surface area contributed by atoms with E-state index in [1.807, 2.05) is 4.90 Å². The molecule has 51 heavy (non-hydrogen) atoms. The third-order valence-corrected chi connectivity index (χ3v) is 10.7. The number of carbonyl (C=O) groups is 1. The van der Waals surface area contributed by atoms with Crippen molar-refractivity contribution in [3.05, 3.63) is 73.6 Å². The number of amides is 1. The van der Waals surface area contributed by atoms with Crippen molar-refractivity contribution in [2.24, 2.45) is 0 Å². The summed E-state index contributed by atoms with van der Waals surface area (Å²) in [6, 6.07) is -1.83. The Bertz CT molecular complexity index is 1990. The molecule has 16 heteroatoms. The van der Waals surface area contributed by atoms with Gasteiger partial charge in [0.15, 0.2) is 34.8 Å². The van der Waals surface area contributed by atoms with Gasteiger partial charge in [-0.1, -0.05) is 0 Å². The highest BCUT2D eigenvalue weighted by molar-refractivity contribution is 5.95. The number of nitriles is 1. The third kappa shape index (κ3) is 4.96. The van der Waals surface area contributed by atoms with Crippen molar-refractivity contribution in [1.29, 1.82) is 5.26 Å². The molecule has 1 amide bonds. The molecule has 0 aliphatic carbocycles. The lowest BCUT2D eigenvalue weighted by molar-refractivity contribution is -0.0724. The van der Waals surface area contributed by atoms with Crippen LogP contribution in [0.15, 0.2) is 0 Å².